The van der Waals surface area contributed by atoms with E-state index in [4.69, 9.17) is 26.2 Å². The summed E-state index contributed by atoms with van der Waals surface area (Å²) in [6.45, 7) is 12.5. The summed E-state index contributed by atoms with van der Waals surface area (Å²) >= 11 is 7.24. The second kappa shape index (κ2) is 19.4. The third-order valence-corrected chi connectivity index (χ3v) is 15.1. The molecule has 2 aromatic heterocycles. The minimum Gasteiger partial charge on any atom is -0.493 e. The molecule has 0 spiro atoms. The highest BCUT2D eigenvalue weighted by Gasteiger charge is 2.46. The van der Waals surface area contributed by atoms with Crippen LogP contribution in [0.15, 0.2) is 66.7 Å². The van der Waals surface area contributed by atoms with Crippen LogP contribution in [0.1, 0.15) is 94.6 Å². The van der Waals surface area contributed by atoms with Crippen LogP contribution in [-0.4, -0.2) is 122 Å². The van der Waals surface area contributed by atoms with Crippen LogP contribution in [0.3, 0.4) is 0 Å². The lowest BCUT2D eigenvalue weighted by atomic mass is 9.98. The molecule has 0 saturated carbocycles. The Morgan fingerprint density at radius 2 is 1.70 bits per heavy atom. The van der Waals surface area contributed by atoms with Crippen molar-refractivity contribution in [2.75, 3.05) is 44.6 Å². The number of anilines is 1. The zero-order chi connectivity index (χ0) is 51.6. The lowest BCUT2D eigenvalue weighted by Crippen LogP contribution is -2.54. The number of fused-ring (bicyclic) bond motifs is 4. The number of benzene rings is 4. The van der Waals surface area contributed by atoms with Crippen molar-refractivity contribution < 1.29 is 42.6 Å². The van der Waals surface area contributed by atoms with Gasteiger partial charge in [0.15, 0.2) is 0 Å². The van der Waals surface area contributed by atoms with Crippen LogP contribution >= 0.6 is 11.6 Å². The Balaban J connectivity index is 0.903. The number of likely N-dealkylation sites (tertiary alicyclic amines) is 2. The molecular formula is C55H58ClFN8O8. The number of ether oxygens (including phenoxy) is 2. The van der Waals surface area contributed by atoms with E-state index >= 15 is 0 Å². The standard InChI is InChI=1S/C55H58ClFN8O8/c1-30-46(31(2)61(6)60-30)48-39(56)18-17-37-36(12-9-25-72-43-14-7-10-32-26-34(57)15-16-35(32)43)50(54(71)73-55(3,4)5)64(49(37)48)24-23-62-22-21-33-28-63(29-42(33)62)45(67)27-58-40-13-8-11-38-47(40)53(70)65(52(38)69)41-19-20-44(66)59-51(41)68/h7-8,10-11,13-18,26,33,41-42,58H,9,12,19-25,27-29H2,1-6H3,(H,59,66,68). The number of hydrogen-bond acceptors (Lipinski definition) is 11. The van der Waals surface area contributed by atoms with Gasteiger partial charge in [-0.3, -0.25) is 43.8 Å². The predicted octanol–water partition coefficient (Wildman–Crippen LogP) is 7.62. The Bertz CT molecular complexity index is 3290. The quantitative estimate of drug-likeness (QED) is 0.0624. The second-order valence-electron chi connectivity index (χ2n) is 20.5. The van der Waals surface area contributed by atoms with Gasteiger partial charge >= 0.3 is 5.97 Å². The molecule has 5 amide bonds. The summed E-state index contributed by atoms with van der Waals surface area (Å²) in [5.41, 5.74) is 5.16. The minimum absolute atomic E-state index is 0.00834. The van der Waals surface area contributed by atoms with Crippen molar-refractivity contribution in [3.05, 3.63) is 111 Å². The molecule has 0 aliphatic carbocycles. The van der Waals surface area contributed by atoms with E-state index in [0.29, 0.717) is 67.8 Å². The molecule has 2 N–H and O–H groups in total. The van der Waals surface area contributed by atoms with Gasteiger partial charge in [-0.05, 0) is 126 Å². The zero-order valence-electron chi connectivity index (χ0n) is 41.8. The molecule has 6 heterocycles. The fourth-order valence-electron chi connectivity index (χ4n) is 11.4. The molecule has 0 bridgehead atoms. The van der Waals surface area contributed by atoms with Crippen molar-refractivity contribution >= 4 is 74.5 Å². The predicted molar refractivity (Wildman–Crippen MR) is 273 cm³/mol. The summed E-state index contributed by atoms with van der Waals surface area (Å²) in [5, 5.41) is 13.0. The number of rotatable bonds is 14. The average Bonchev–Trinajstić information content (AvgIpc) is 4.13. The summed E-state index contributed by atoms with van der Waals surface area (Å²) in [6, 6.07) is 17.8. The van der Waals surface area contributed by atoms with E-state index < -0.39 is 41.2 Å². The third-order valence-electron chi connectivity index (χ3n) is 14.8. The average molecular weight is 1010 g/mol. The second-order valence-corrected chi connectivity index (χ2v) is 20.9. The summed E-state index contributed by atoms with van der Waals surface area (Å²) in [4.78, 5) is 85.5. The zero-order valence-corrected chi connectivity index (χ0v) is 42.5. The number of carbonyl (C=O) groups excluding carboxylic acids is 6. The van der Waals surface area contributed by atoms with Crippen molar-refractivity contribution in [1.29, 1.82) is 0 Å². The van der Waals surface area contributed by atoms with E-state index in [1.54, 1.807) is 18.2 Å². The molecule has 0 radical (unpaired) electrons. The van der Waals surface area contributed by atoms with Gasteiger partial charge in [-0.1, -0.05) is 35.9 Å². The molecule has 16 nitrogen and oxygen atoms in total. The first-order chi connectivity index (χ1) is 34.9. The molecule has 18 heteroatoms. The van der Waals surface area contributed by atoms with Crippen molar-refractivity contribution in [1.82, 2.24) is 34.4 Å². The first-order valence-electron chi connectivity index (χ1n) is 24.9. The van der Waals surface area contributed by atoms with E-state index in [1.807, 2.05) is 81.6 Å². The number of piperidine rings is 1. The molecular weight excluding hydrogens is 955 g/mol. The number of nitrogens with zero attached hydrogens (tertiary/aromatic N) is 6. The lowest BCUT2D eigenvalue weighted by Gasteiger charge is -2.27. The smallest absolute Gasteiger partial charge is 0.355 e. The van der Waals surface area contributed by atoms with Crippen LogP contribution in [0.2, 0.25) is 5.02 Å². The fourth-order valence-corrected chi connectivity index (χ4v) is 11.6. The van der Waals surface area contributed by atoms with Gasteiger partial charge in [0.25, 0.3) is 11.8 Å². The molecule has 4 aromatic carbocycles. The largest absolute Gasteiger partial charge is 0.493 e. The van der Waals surface area contributed by atoms with Gasteiger partial charge in [0, 0.05) is 79.0 Å². The number of aromatic nitrogens is 3. The monoisotopic (exact) mass is 1010 g/mol. The Labute approximate surface area is 426 Å². The van der Waals surface area contributed by atoms with Crippen LogP contribution in [-0.2, 0) is 39.1 Å². The van der Waals surface area contributed by atoms with Crippen molar-refractivity contribution in [3.8, 4) is 16.9 Å². The lowest BCUT2D eigenvalue weighted by molar-refractivity contribution is -0.136. The molecule has 3 fully saturated rings. The third kappa shape index (κ3) is 9.21. The fraction of sp³-hybridized carbons (Fsp3) is 0.400. The molecule has 4 aliphatic heterocycles. The van der Waals surface area contributed by atoms with Crippen molar-refractivity contribution in [2.24, 2.45) is 13.0 Å². The molecule has 3 atom stereocenters. The summed E-state index contributed by atoms with van der Waals surface area (Å²) < 4.78 is 30.5. The first kappa shape index (κ1) is 49.5. The van der Waals surface area contributed by atoms with E-state index in [0.717, 1.165) is 67.6 Å². The van der Waals surface area contributed by atoms with E-state index in [-0.39, 0.29) is 54.2 Å². The van der Waals surface area contributed by atoms with Gasteiger partial charge in [0.05, 0.1) is 40.5 Å². The summed E-state index contributed by atoms with van der Waals surface area (Å²) in [5.74, 6) is -2.52. The number of imide groups is 2. The molecule has 6 aromatic rings. The molecule has 380 valence electrons. The number of amides is 5. The maximum absolute atomic E-state index is 14.8. The normalized spacial score (nSPS) is 19.0. The van der Waals surface area contributed by atoms with Gasteiger partial charge in [-0.25, -0.2) is 9.18 Å². The number of aryl methyl sites for hydroxylation is 3. The molecule has 3 unspecified atom stereocenters. The molecule has 10 rings (SSSR count). The highest BCUT2D eigenvalue weighted by molar-refractivity contribution is 6.35. The van der Waals surface area contributed by atoms with Crippen LogP contribution in [0.25, 0.3) is 32.8 Å². The molecule has 73 heavy (non-hydrogen) atoms. The highest BCUT2D eigenvalue weighted by atomic mass is 35.5. The summed E-state index contributed by atoms with van der Waals surface area (Å²) in [6.07, 6.45) is 1.93. The van der Waals surface area contributed by atoms with Gasteiger partial charge in [-0.15, -0.1) is 0 Å². The Morgan fingerprint density at radius 1 is 0.918 bits per heavy atom. The maximum Gasteiger partial charge on any atom is 0.355 e. The number of halogens is 2. The van der Waals surface area contributed by atoms with Crippen LogP contribution in [0, 0.1) is 25.6 Å². The van der Waals surface area contributed by atoms with Gasteiger partial charge in [0.2, 0.25) is 17.7 Å². The SMILES string of the molecule is Cc1nn(C)c(C)c1-c1c(Cl)ccc2c(CCCOc3cccc4cc(F)ccc34)c(C(=O)OC(C)(C)C)n(CCN3CCC4CN(C(=O)CNc5cccc6c5C(=O)N(C5CCC(=O)NC5=O)C6=O)CC43)c12. The van der Waals surface area contributed by atoms with E-state index in [2.05, 4.69) is 20.1 Å². The minimum atomic E-state index is -1.11. The maximum atomic E-state index is 14.8. The van der Waals surface area contributed by atoms with Crippen molar-refractivity contribution in [3.63, 3.8) is 0 Å². The van der Waals surface area contributed by atoms with E-state index in [1.165, 1.54) is 18.2 Å². The van der Waals surface area contributed by atoms with E-state index in [9.17, 15) is 33.2 Å². The topological polar surface area (TPSA) is 177 Å². The molecule has 3 saturated heterocycles. The molecule has 4 aliphatic rings. The highest BCUT2D eigenvalue weighted by Crippen LogP contribution is 2.43. The Morgan fingerprint density at radius 3 is 2.45 bits per heavy atom. The van der Waals surface area contributed by atoms with Crippen molar-refractivity contribution in [2.45, 2.75) is 91.0 Å². The van der Waals surface area contributed by atoms with Gasteiger partial charge < -0.3 is 24.3 Å². The van der Waals surface area contributed by atoms with Gasteiger partial charge in [-0.2, -0.15) is 5.10 Å². The first-order valence-corrected chi connectivity index (χ1v) is 25.2. The number of esters is 1. The van der Waals surface area contributed by atoms with Crippen LogP contribution in [0.5, 0.6) is 5.75 Å². The number of nitrogens with one attached hydrogen (secondary N) is 2. The van der Waals surface area contributed by atoms with Crippen LogP contribution in [0.4, 0.5) is 10.1 Å². The number of carbonyl (C=O) groups is 6. The summed E-state index contributed by atoms with van der Waals surface area (Å²) in [7, 11) is 1.90. The van der Waals surface area contributed by atoms with Gasteiger partial charge in [0.1, 0.15) is 28.9 Å². The van der Waals surface area contributed by atoms with Crippen LogP contribution < -0.4 is 15.4 Å². The Kier molecular flexibility index (Phi) is 13.1. The number of hydrogen-bond donors (Lipinski definition) is 2. The Hall–Kier alpha value is -7.11.